The lowest BCUT2D eigenvalue weighted by Gasteiger charge is -2.12. The second kappa shape index (κ2) is 8.33. The normalized spacial score (nSPS) is 10.9. The third-order valence-electron chi connectivity index (χ3n) is 3.86. The number of carbonyl (C=O) groups excluding carboxylic acids is 1. The van der Waals surface area contributed by atoms with E-state index in [1.807, 2.05) is 0 Å². The number of methoxy groups -OCH3 is 1. The zero-order chi connectivity index (χ0) is 20.1. The molecule has 0 aliphatic heterocycles. The van der Waals surface area contributed by atoms with E-state index in [1.54, 1.807) is 60.7 Å². The Kier molecular flexibility index (Phi) is 5.87. The molecule has 8 heteroatoms. The summed E-state index contributed by atoms with van der Waals surface area (Å²) in [4.78, 5) is 12.3. The van der Waals surface area contributed by atoms with Gasteiger partial charge in [0.15, 0.2) is 0 Å². The Morgan fingerprint density at radius 2 is 1.68 bits per heavy atom. The second-order valence-electron chi connectivity index (χ2n) is 5.79. The summed E-state index contributed by atoms with van der Waals surface area (Å²) in [6, 6.07) is 19.0. The number of nitrogens with one attached hydrogen (secondary N) is 2. The lowest BCUT2D eigenvalue weighted by Crippen LogP contribution is -2.15. The molecule has 0 saturated heterocycles. The zero-order valence-electron chi connectivity index (χ0n) is 14.8. The molecule has 28 heavy (non-hydrogen) atoms. The molecule has 0 atom stereocenters. The van der Waals surface area contributed by atoms with Crippen LogP contribution in [0.5, 0.6) is 5.75 Å². The fraction of sp³-hybridized carbons (Fsp3) is 0.0500. The maximum Gasteiger partial charge on any atom is 0.262 e. The van der Waals surface area contributed by atoms with Crippen molar-refractivity contribution in [2.24, 2.45) is 0 Å². The van der Waals surface area contributed by atoms with E-state index in [-0.39, 0.29) is 10.8 Å². The zero-order valence-corrected chi connectivity index (χ0v) is 16.4. The van der Waals surface area contributed by atoms with Gasteiger partial charge in [-0.05, 0) is 54.6 Å². The highest BCUT2D eigenvalue weighted by Crippen LogP contribution is 2.27. The van der Waals surface area contributed by atoms with Gasteiger partial charge in [-0.3, -0.25) is 9.52 Å². The van der Waals surface area contributed by atoms with E-state index < -0.39 is 10.0 Å². The molecule has 0 fully saturated rings. The minimum Gasteiger partial charge on any atom is -0.495 e. The lowest BCUT2D eigenvalue weighted by molar-refractivity contribution is 0.102. The monoisotopic (exact) mass is 416 g/mol. The first-order valence-corrected chi connectivity index (χ1v) is 10.1. The fourth-order valence-electron chi connectivity index (χ4n) is 2.48. The average molecular weight is 417 g/mol. The van der Waals surface area contributed by atoms with Gasteiger partial charge in [0.05, 0.1) is 17.7 Å². The van der Waals surface area contributed by atoms with Crippen LogP contribution in [0.2, 0.25) is 5.02 Å². The third kappa shape index (κ3) is 4.62. The molecule has 0 aliphatic carbocycles. The molecule has 3 aromatic rings. The number of hydrogen-bond donors (Lipinski definition) is 2. The van der Waals surface area contributed by atoms with Gasteiger partial charge in [0.1, 0.15) is 5.75 Å². The Morgan fingerprint density at radius 1 is 0.964 bits per heavy atom. The number of ether oxygens (including phenoxy) is 1. The van der Waals surface area contributed by atoms with Crippen LogP contribution in [0, 0.1) is 0 Å². The number of benzene rings is 3. The number of halogens is 1. The van der Waals surface area contributed by atoms with E-state index in [4.69, 9.17) is 16.3 Å². The summed E-state index contributed by atoms with van der Waals surface area (Å²) in [5.74, 6) is 0.0298. The van der Waals surface area contributed by atoms with Crippen molar-refractivity contribution in [3.8, 4) is 5.75 Å². The van der Waals surface area contributed by atoms with Crippen molar-refractivity contribution in [2.75, 3.05) is 17.1 Å². The summed E-state index contributed by atoms with van der Waals surface area (Å²) in [5.41, 5.74) is 1.08. The first-order valence-electron chi connectivity index (χ1n) is 8.22. The van der Waals surface area contributed by atoms with Crippen molar-refractivity contribution in [1.82, 2.24) is 0 Å². The van der Waals surface area contributed by atoms with Gasteiger partial charge in [-0.1, -0.05) is 29.8 Å². The second-order valence-corrected chi connectivity index (χ2v) is 7.91. The molecule has 0 spiro atoms. The predicted octanol–water partition coefficient (Wildman–Crippen LogP) is 4.40. The van der Waals surface area contributed by atoms with Crippen LogP contribution >= 0.6 is 11.6 Å². The molecule has 144 valence electrons. The smallest absolute Gasteiger partial charge is 0.262 e. The molecule has 0 radical (unpaired) electrons. The van der Waals surface area contributed by atoms with E-state index in [9.17, 15) is 13.2 Å². The SMILES string of the molecule is COc1ccccc1NS(=O)(=O)c1cccc(NC(=O)c2ccc(Cl)cc2)c1. The first-order chi connectivity index (χ1) is 13.4. The quantitative estimate of drug-likeness (QED) is 0.623. The molecular weight excluding hydrogens is 400 g/mol. The Morgan fingerprint density at radius 3 is 2.39 bits per heavy atom. The van der Waals surface area contributed by atoms with Crippen LogP contribution in [0.4, 0.5) is 11.4 Å². The van der Waals surface area contributed by atoms with E-state index in [2.05, 4.69) is 10.0 Å². The van der Waals surface area contributed by atoms with Crippen molar-refractivity contribution in [3.63, 3.8) is 0 Å². The van der Waals surface area contributed by atoms with Gasteiger partial charge in [-0.15, -0.1) is 0 Å². The highest BCUT2D eigenvalue weighted by Gasteiger charge is 2.17. The third-order valence-corrected chi connectivity index (χ3v) is 5.48. The number of sulfonamides is 1. The molecule has 3 rings (SSSR count). The summed E-state index contributed by atoms with van der Waals surface area (Å²) in [7, 11) is -2.41. The predicted molar refractivity (Wildman–Crippen MR) is 110 cm³/mol. The minimum absolute atomic E-state index is 0.00677. The number of para-hydroxylation sites is 2. The standard InChI is InChI=1S/C20H17ClN2O4S/c1-27-19-8-3-2-7-18(19)23-28(25,26)17-6-4-5-16(13-17)22-20(24)14-9-11-15(21)12-10-14/h2-13,23H,1H3,(H,22,24). The highest BCUT2D eigenvalue weighted by molar-refractivity contribution is 7.92. The van der Waals surface area contributed by atoms with Gasteiger partial charge >= 0.3 is 0 Å². The number of rotatable bonds is 6. The van der Waals surface area contributed by atoms with Crippen LogP contribution in [-0.2, 0) is 10.0 Å². The van der Waals surface area contributed by atoms with Gasteiger partial charge in [0.2, 0.25) is 0 Å². The summed E-state index contributed by atoms with van der Waals surface area (Å²) in [6.45, 7) is 0. The topological polar surface area (TPSA) is 84.5 Å². The van der Waals surface area contributed by atoms with E-state index >= 15 is 0 Å². The van der Waals surface area contributed by atoms with Gasteiger partial charge in [-0.2, -0.15) is 0 Å². The average Bonchev–Trinajstić information content (AvgIpc) is 2.69. The summed E-state index contributed by atoms with van der Waals surface area (Å²) < 4.78 is 33.1. The van der Waals surface area contributed by atoms with Crippen LogP contribution in [0.15, 0.2) is 77.7 Å². The van der Waals surface area contributed by atoms with E-state index in [0.717, 1.165) is 0 Å². The van der Waals surface area contributed by atoms with Gasteiger partial charge in [-0.25, -0.2) is 8.42 Å². The fourth-order valence-corrected chi connectivity index (χ4v) is 3.72. The summed E-state index contributed by atoms with van der Waals surface area (Å²) in [6.07, 6.45) is 0. The number of carbonyl (C=O) groups is 1. The molecule has 6 nitrogen and oxygen atoms in total. The van der Waals surface area contributed by atoms with Crippen molar-refractivity contribution in [2.45, 2.75) is 4.90 Å². The molecular formula is C20H17ClN2O4S. The van der Waals surface area contributed by atoms with Crippen molar-refractivity contribution < 1.29 is 17.9 Å². The summed E-state index contributed by atoms with van der Waals surface area (Å²) in [5, 5.41) is 3.20. The van der Waals surface area contributed by atoms with Gasteiger partial charge in [0.25, 0.3) is 15.9 Å². The molecule has 0 aromatic heterocycles. The molecule has 0 unspecified atom stereocenters. The molecule has 0 bridgehead atoms. The lowest BCUT2D eigenvalue weighted by atomic mass is 10.2. The van der Waals surface area contributed by atoms with Gasteiger partial charge in [0, 0.05) is 16.3 Å². The molecule has 0 aliphatic rings. The molecule has 1 amide bonds. The number of amides is 1. The van der Waals surface area contributed by atoms with Crippen LogP contribution in [-0.4, -0.2) is 21.4 Å². The largest absolute Gasteiger partial charge is 0.495 e. The Hall–Kier alpha value is -3.03. The number of hydrogen-bond acceptors (Lipinski definition) is 4. The number of anilines is 2. The minimum atomic E-state index is -3.87. The van der Waals surface area contributed by atoms with Crippen LogP contribution in [0.3, 0.4) is 0 Å². The molecule has 3 aromatic carbocycles. The maximum absolute atomic E-state index is 12.7. The Balaban J connectivity index is 1.82. The van der Waals surface area contributed by atoms with Crippen molar-refractivity contribution in [3.05, 3.63) is 83.4 Å². The van der Waals surface area contributed by atoms with Crippen molar-refractivity contribution in [1.29, 1.82) is 0 Å². The Labute approximate surface area is 168 Å². The van der Waals surface area contributed by atoms with Gasteiger partial charge < -0.3 is 10.1 Å². The van der Waals surface area contributed by atoms with Crippen molar-refractivity contribution >= 4 is 38.9 Å². The summed E-state index contributed by atoms with van der Waals surface area (Å²) >= 11 is 5.82. The highest BCUT2D eigenvalue weighted by atomic mass is 35.5. The maximum atomic E-state index is 12.7. The van der Waals surface area contributed by atoms with Crippen LogP contribution in [0.1, 0.15) is 10.4 Å². The van der Waals surface area contributed by atoms with Crippen LogP contribution in [0.25, 0.3) is 0 Å². The van der Waals surface area contributed by atoms with Crippen LogP contribution < -0.4 is 14.8 Å². The first kappa shape index (κ1) is 19.7. The molecule has 0 saturated carbocycles. The molecule has 2 N–H and O–H groups in total. The van der Waals surface area contributed by atoms with E-state index in [1.165, 1.54) is 19.2 Å². The van der Waals surface area contributed by atoms with E-state index in [0.29, 0.717) is 27.7 Å². The Bertz CT molecular complexity index is 1100. The molecule has 0 heterocycles.